The maximum absolute atomic E-state index is 12.8. The summed E-state index contributed by atoms with van der Waals surface area (Å²) < 4.78 is 0. The van der Waals surface area contributed by atoms with Crippen molar-refractivity contribution >= 4 is 11.5 Å². The zero-order valence-electron chi connectivity index (χ0n) is 18.3. The van der Waals surface area contributed by atoms with Crippen molar-refractivity contribution in [2.75, 3.05) is 6.54 Å². The van der Waals surface area contributed by atoms with Gasteiger partial charge < -0.3 is 5.32 Å². The van der Waals surface area contributed by atoms with Gasteiger partial charge in [0.1, 0.15) is 0 Å². The lowest BCUT2D eigenvalue weighted by Gasteiger charge is -2.23. The molecule has 27 heavy (non-hydrogen) atoms. The van der Waals surface area contributed by atoms with Crippen LogP contribution in [0, 0.1) is 11.8 Å². The molecule has 1 N–H and O–H groups in total. The van der Waals surface area contributed by atoms with E-state index in [9.17, 15) is 4.79 Å². The predicted molar refractivity (Wildman–Crippen MR) is 119 cm³/mol. The van der Waals surface area contributed by atoms with Crippen molar-refractivity contribution in [2.45, 2.75) is 86.0 Å². The van der Waals surface area contributed by atoms with E-state index in [0.717, 1.165) is 25.8 Å². The number of carbonyl (C=O) groups excluding carboxylic acids is 1. The summed E-state index contributed by atoms with van der Waals surface area (Å²) in [6.45, 7) is 11.7. The summed E-state index contributed by atoms with van der Waals surface area (Å²) in [7, 11) is 0. The maximum atomic E-state index is 12.8. The van der Waals surface area contributed by atoms with Gasteiger partial charge >= 0.3 is 0 Å². The zero-order chi connectivity index (χ0) is 20.1. The van der Waals surface area contributed by atoms with Gasteiger partial charge in [0.05, 0.1) is 0 Å². The van der Waals surface area contributed by atoms with E-state index in [1.54, 1.807) is 0 Å². The molecule has 0 bridgehead atoms. The molecule has 1 aromatic carbocycles. The Morgan fingerprint density at radius 2 is 1.70 bits per heavy atom. The quantitative estimate of drug-likeness (QED) is 0.380. The second-order valence-corrected chi connectivity index (χ2v) is 7.94. The first-order valence-corrected chi connectivity index (χ1v) is 11.1. The summed E-state index contributed by atoms with van der Waals surface area (Å²) in [5.74, 6) is 0.575. The minimum absolute atomic E-state index is 0.0289. The van der Waals surface area contributed by atoms with Gasteiger partial charge in [-0.3, -0.25) is 4.79 Å². The Morgan fingerprint density at radius 1 is 1.04 bits per heavy atom. The second kappa shape index (κ2) is 13.6. The molecule has 1 amide bonds. The first kappa shape index (κ1) is 23.5. The Labute approximate surface area is 167 Å². The van der Waals surface area contributed by atoms with E-state index in [2.05, 4.69) is 70.3 Å². The molecule has 1 aromatic rings. The summed E-state index contributed by atoms with van der Waals surface area (Å²) in [4.78, 5) is 12.8. The molecule has 0 aliphatic rings. The van der Waals surface area contributed by atoms with Gasteiger partial charge in [-0.2, -0.15) is 0 Å². The Hall–Kier alpha value is -1.57. The summed E-state index contributed by atoms with van der Waals surface area (Å²) in [6.07, 6.45) is 11.5. The van der Waals surface area contributed by atoms with Crippen LogP contribution in [-0.4, -0.2) is 12.5 Å². The van der Waals surface area contributed by atoms with Crippen LogP contribution in [0.5, 0.6) is 0 Å². The third-order valence-corrected chi connectivity index (χ3v) is 5.50. The smallest absolute Gasteiger partial charge is 0.223 e. The lowest BCUT2D eigenvalue weighted by molar-refractivity contribution is -0.126. The van der Waals surface area contributed by atoms with Crippen molar-refractivity contribution in [1.29, 1.82) is 0 Å². The lowest BCUT2D eigenvalue weighted by Crippen LogP contribution is -2.34. The summed E-state index contributed by atoms with van der Waals surface area (Å²) >= 11 is 0. The minimum Gasteiger partial charge on any atom is -0.356 e. The Balaban J connectivity index is 2.62. The Morgan fingerprint density at radius 3 is 2.33 bits per heavy atom. The zero-order valence-corrected chi connectivity index (χ0v) is 18.3. The number of hydrogen-bond donors (Lipinski definition) is 1. The molecule has 1 unspecified atom stereocenters. The van der Waals surface area contributed by atoms with Crippen LogP contribution < -0.4 is 5.32 Å². The van der Waals surface area contributed by atoms with Crippen LogP contribution in [0.25, 0.3) is 5.57 Å². The fraction of sp³-hybridized carbons (Fsp3) is 0.640. The molecule has 1 rings (SSSR count). The number of nitrogens with one attached hydrogen (secondary N) is 1. The lowest BCUT2D eigenvalue weighted by atomic mass is 9.84. The predicted octanol–water partition coefficient (Wildman–Crippen LogP) is 6.79. The topological polar surface area (TPSA) is 29.1 Å². The molecule has 0 heterocycles. The van der Waals surface area contributed by atoms with Crippen molar-refractivity contribution < 1.29 is 4.79 Å². The van der Waals surface area contributed by atoms with Crippen molar-refractivity contribution in [3.8, 4) is 0 Å². The van der Waals surface area contributed by atoms with Crippen molar-refractivity contribution in [3.05, 3.63) is 41.5 Å². The third-order valence-electron chi connectivity index (χ3n) is 5.50. The molecule has 0 aliphatic carbocycles. The number of allylic oxidation sites excluding steroid dienone is 2. The molecule has 0 aliphatic heterocycles. The average molecular weight is 372 g/mol. The number of unbranched alkanes of at least 4 members (excludes halogenated alkanes) is 5. The number of rotatable bonds is 13. The highest BCUT2D eigenvalue weighted by Gasteiger charge is 2.24. The molecule has 0 saturated heterocycles. The van der Waals surface area contributed by atoms with Gasteiger partial charge in [0.15, 0.2) is 0 Å². The molecular weight excluding hydrogens is 330 g/mol. The second-order valence-electron chi connectivity index (χ2n) is 7.94. The molecule has 0 fully saturated rings. The van der Waals surface area contributed by atoms with E-state index < -0.39 is 0 Å². The summed E-state index contributed by atoms with van der Waals surface area (Å²) in [5.41, 5.74) is 3.96. The SMILES string of the molecule is C/C=C(/CC(C(=O)NCCCCCCCC)C(C)C)c1ccccc1CC. The van der Waals surface area contributed by atoms with Gasteiger partial charge in [-0.25, -0.2) is 0 Å². The summed E-state index contributed by atoms with van der Waals surface area (Å²) in [5, 5.41) is 3.20. The molecule has 0 radical (unpaired) electrons. The number of amides is 1. The fourth-order valence-corrected chi connectivity index (χ4v) is 3.64. The van der Waals surface area contributed by atoms with Gasteiger partial charge in [0.25, 0.3) is 0 Å². The molecular formula is C25H41NO. The largest absolute Gasteiger partial charge is 0.356 e. The van der Waals surface area contributed by atoms with Crippen LogP contribution >= 0.6 is 0 Å². The van der Waals surface area contributed by atoms with Crippen molar-refractivity contribution in [1.82, 2.24) is 5.32 Å². The van der Waals surface area contributed by atoms with Crippen molar-refractivity contribution in [2.24, 2.45) is 11.8 Å². The highest BCUT2D eigenvalue weighted by atomic mass is 16.1. The Kier molecular flexibility index (Phi) is 11.8. The van der Waals surface area contributed by atoms with Crippen molar-refractivity contribution in [3.63, 3.8) is 0 Å². The van der Waals surface area contributed by atoms with E-state index in [1.807, 2.05) is 0 Å². The van der Waals surface area contributed by atoms with Gasteiger partial charge in [0.2, 0.25) is 5.91 Å². The average Bonchev–Trinajstić information content (AvgIpc) is 2.67. The van der Waals surface area contributed by atoms with Gasteiger partial charge in [0, 0.05) is 12.5 Å². The highest BCUT2D eigenvalue weighted by Crippen LogP contribution is 2.29. The fourth-order valence-electron chi connectivity index (χ4n) is 3.64. The van der Waals surface area contributed by atoms with Crippen LogP contribution in [-0.2, 0) is 11.2 Å². The third kappa shape index (κ3) is 8.32. The number of benzene rings is 1. The number of aryl methyl sites for hydroxylation is 1. The van der Waals surface area contributed by atoms with E-state index >= 15 is 0 Å². The molecule has 152 valence electrons. The molecule has 2 heteroatoms. The molecule has 0 saturated carbocycles. The first-order valence-electron chi connectivity index (χ1n) is 11.1. The molecule has 0 aromatic heterocycles. The molecule has 0 spiro atoms. The van der Waals surface area contributed by atoms with E-state index in [-0.39, 0.29) is 11.8 Å². The van der Waals surface area contributed by atoms with Crippen LogP contribution in [0.2, 0.25) is 0 Å². The van der Waals surface area contributed by atoms with Gasteiger partial charge in [-0.05, 0) is 48.8 Å². The number of carbonyl (C=O) groups is 1. The van der Waals surface area contributed by atoms with Crippen LogP contribution in [0.3, 0.4) is 0 Å². The molecule has 2 nitrogen and oxygen atoms in total. The van der Waals surface area contributed by atoms with Crippen LogP contribution in [0.15, 0.2) is 30.3 Å². The van der Waals surface area contributed by atoms with E-state index in [1.165, 1.54) is 48.8 Å². The standard InChI is InChI=1S/C25H41NO/c1-6-9-10-11-12-15-18-26-25(27)24(20(4)5)19-22(8-3)23-17-14-13-16-21(23)7-2/h8,13-14,16-17,20,24H,6-7,9-12,15,18-19H2,1-5H3,(H,26,27)/b22-8-. The monoisotopic (exact) mass is 371 g/mol. The first-order chi connectivity index (χ1) is 13.0. The van der Waals surface area contributed by atoms with Gasteiger partial charge in [-0.15, -0.1) is 0 Å². The maximum Gasteiger partial charge on any atom is 0.223 e. The van der Waals surface area contributed by atoms with Crippen LogP contribution in [0.1, 0.15) is 90.7 Å². The Bertz CT molecular complexity index is 573. The minimum atomic E-state index is 0.0289. The summed E-state index contributed by atoms with van der Waals surface area (Å²) in [6, 6.07) is 8.59. The number of hydrogen-bond acceptors (Lipinski definition) is 1. The van der Waals surface area contributed by atoms with Gasteiger partial charge in [-0.1, -0.05) is 90.1 Å². The normalized spacial score (nSPS) is 13.0. The van der Waals surface area contributed by atoms with E-state index in [0.29, 0.717) is 5.92 Å². The van der Waals surface area contributed by atoms with E-state index in [4.69, 9.17) is 0 Å². The molecule has 1 atom stereocenters. The van der Waals surface area contributed by atoms with Crippen LogP contribution in [0.4, 0.5) is 0 Å². The highest BCUT2D eigenvalue weighted by molar-refractivity contribution is 5.82.